The fraction of sp³-hybridized carbons (Fsp3) is 0.538. The molecule has 108 valence electrons. The number of carbonyl (C=O) groups is 1. The van der Waals surface area contributed by atoms with Gasteiger partial charge in [0.05, 0.1) is 11.1 Å². The monoisotopic (exact) mass is 305 g/mol. The number of nitrogens with two attached hydrogens (primary N) is 1. The molecule has 1 fully saturated rings. The third-order valence-corrected chi connectivity index (χ3v) is 3.47. The van der Waals surface area contributed by atoms with E-state index in [1.807, 2.05) is 13.0 Å². The lowest BCUT2D eigenvalue weighted by Gasteiger charge is -2.28. The van der Waals surface area contributed by atoms with E-state index in [0.29, 0.717) is 12.1 Å². The standard InChI is InChI=1S/C13H19N3O.2ClH/c1-10-6-11(8-15-7-10)12(17)16-13(9-14)4-2-3-5-13;;/h6-8H,2-5,9,14H2,1H3,(H,16,17);2*1H. The lowest BCUT2D eigenvalue weighted by Crippen LogP contribution is -2.51. The molecule has 19 heavy (non-hydrogen) atoms. The van der Waals surface area contributed by atoms with Gasteiger partial charge >= 0.3 is 0 Å². The molecular weight excluding hydrogens is 285 g/mol. The molecule has 0 aromatic carbocycles. The summed E-state index contributed by atoms with van der Waals surface area (Å²) in [5.41, 5.74) is 7.21. The van der Waals surface area contributed by atoms with Crippen LogP contribution in [0.3, 0.4) is 0 Å². The smallest absolute Gasteiger partial charge is 0.253 e. The fourth-order valence-corrected chi connectivity index (χ4v) is 2.42. The zero-order valence-corrected chi connectivity index (χ0v) is 12.6. The van der Waals surface area contributed by atoms with E-state index in [0.717, 1.165) is 31.2 Å². The quantitative estimate of drug-likeness (QED) is 0.900. The van der Waals surface area contributed by atoms with Crippen molar-refractivity contribution in [1.29, 1.82) is 0 Å². The highest BCUT2D eigenvalue weighted by molar-refractivity contribution is 5.94. The molecule has 0 atom stereocenters. The summed E-state index contributed by atoms with van der Waals surface area (Å²) in [6.07, 6.45) is 7.59. The lowest BCUT2D eigenvalue weighted by molar-refractivity contribution is 0.0902. The molecule has 0 aliphatic heterocycles. The maximum Gasteiger partial charge on any atom is 0.253 e. The Morgan fingerprint density at radius 1 is 1.37 bits per heavy atom. The van der Waals surface area contributed by atoms with Gasteiger partial charge in [-0.05, 0) is 31.4 Å². The summed E-state index contributed by atoms with van der Waals surface area (Å²) < 4.78 is 0. The number of hydrogen-bond donors (Lipinski definition) is 2. The van der Waals surface area contributed by atoms with Gasteiger partial charge in [0.15, 0.2) is 0 Å². The Labute approximate surface area is 126 Å². The molecule has 1 saturated carbocycles. The third kappa shape index (κ3) is 4.34. The second-order valence-corrected chi connectivity index (χ2v) is 4.90. The van der Waals surface area contributed by atoms with Gasteiger partial charge in [-0.3, -0.25) is 9.78 Å². The minimum atomic E-state index is -0.194. The molecule has 1 aliphatic carbocycles. The normalized spacial score (nSPS) is 16.1. The highest BCUT2D eigenvalue weighted by Crippen LogP contribution is 2.28. The molecule has 1 amide bonds. The van der Waals surface area contributed by atoms with E-state index in [2.05, 4.69) is 10.3 Å². The number of aryl methyl sites for hydroxylation is 1. The molecule has 0 saturated heterocycles. The zero-order chi connectivity index (χ0) is 12.3. The van der Waals surface area contributed by atoms with Gasteiger partial charge in [0.25, 0.3) is 5.91 Å². The highest BCUT2D eigenvalue weighted by Gasteiger charge is 2.34. The third-order valence-electron chi connectivity index (χ3n) is 3.47. The number of pyridine rings is 1. The zero-order valence-electron chi connectivity index (χ0n) is 11.0. The van der Waals surface area contributed by atoms with E-state index in [9.17, 15) is 4.79 Å². The first kappa shape index (κ1) is 18.2. The number of rotatable bonds is 3. The Hall–Kier alpha value is -0.840. The number of halogens is 2. The van der Waals surface area contributed by atoms with Gasteiger partial charge in [-0.25, -0.2) is 0 Å². The van der Waals surface area contributed by atoms with Gasteiger partial charge in [0.2, 0.25) is 0 Å². The summed E-state index contributed by atoms with van der Waals surface area (Å²) in [5, 5.41) is 3.08. The molecule has 1 aromatic rings. The van der Waals surface area contributed by atoms with Crippen molar-refractivity contribution < 1.29 is 4.79 Å². The molecule has 1 heterocycles. The van der Waals surface area contributed by atoms with Crippen LogP contribution < -0.4 is 11.1 Å². The maximum absolute atomic E-state index is 12.1. The largest absolute Gasteiger partial charge is 0.345 e. The van der Waals surface area contributed by atoms with Crippen molar-refractivity contribution in [1.82, 2.24) is 10.3 Å². The van der Waals surface area contributed by atoms with Gasteiger partial charge in [-0.2, -0.15) is 0 Å². The Morgan fingerprint density at radius 2 is 2.00 bits per heavy atom. The summed E-state index contributed by atoms with van der Waals surface area (Å²) in [6.45, 7) is 2.44. The first-order chi connectivity index (χ1) is 8.15. The van der Waals surface area contributed by atoms with Gasteiger partial charge in [-0.15, -0.1) is 24.8 Å². The predicted molar refractivity (Wildman–Crippen MR) is 81.2 cm³/mol. The summed E-state index contributed by atoms with van der Waals surface area (Å²) in [7, 11) is 0. The first-order valence-corrected chi connectivity index (χ1v) is 6.09. The molecule has 4 nitrogen and oxygen atoms in total. The average Bonchev–Trinajstić information content (AvgIpc) is 2.78. The maximum atomic E-state index is 12.1. The van der Waals surface area contributed by atoms with E-state index in [-0.39, 0.29) is 36.3 Å². The molecule has 0 spiro atoms. The minimum Gasteiger partial charge on any atom is -0.345 e. The van der Waals surface area contributed by atoms with E-state index < -0.39 is 0 Å². The Bertz CT molecular complexity index is 420. The van der Waals surface area contributed by atoms with Crippen LogP contribution in [-0.2, 0) is 0 Å². The molecular formula is C13H21Cl2N3O. The SMILES string of the molecule is Cc1cncc(C(=O)NC2(CN)CCCC2)c1.Cl.Cl. The van der Waals surface area contributed by atoms with Gasteiger partial charge in [-0.1, -0.05) is 12.8 Å². The van der Waals surface area contributed by atoms with Crippen LogP contribution in [0, 0.1) is 6.92 Å². The van der Waals surface area contributed by atoms with Crippen LogP contribution in [0.2, 0.25) is 0 Å². The van der Waals surface area contributed by atoms with Crippen molar-refractivity contribution in [3.63, 3.8) is 0 Å². The van der Waals surface area contributed by atoms with Crippen LogP contribution in [0.4, 0.5) is 0 Å². The van der Waals surface area contributed by atoms with Crippen molar-refractivity contribution >= 4 is 30.7 Å². The van der Waals surface area contributed by atoms with Crippen molar-refractivity contribution in [2.75, 3.05) is 6.54 Å². The fourth-order valence-electron chi connectivity index (χ4n) is 2.42. The van der Waals surface area contributed by atoms with Crippen molar-refractivity contribution in [3.05, 3.63) is 29.6 Å². The number of aromatic nitrogens is 1. The molecule has 0 bridgehead atoms. The van der Waals surface area contributed by atoms with E-state index in [4.69, 9.17) is 5.73 Å². The molecule has 0 unspecified atom stereocenters. The van der Waals surface area contributed by atoms with Crippen LogP contribution in [0.5, 0.6) is 0 Å². The average molecular weight is 306 g/mol. The van der Waals surface area contributed by atoms with Crippen LogP contribution in [0.25, 0.3) is 0 Å². The number of carbonyl (C=O) groups excluding carboxylic acids is 1. The summed E-state index contributed by atoms with van der Waals surface area (Å²) in [4.78, 5) is 16.1. The summed E-state index contributed by atoms with van der Waals surface area (Å²) in [6, 6.07) is 1.85. The molecule has 1 aromatic heterocycles. The van der Waals surface area contributed by atoms with Crippen molar-refractivity contribution in [3.8, 4) is 0 Å². The molecule has 3 N–H and O–H groups in total. The first-order valence-electron chi connectivity index (χ1n) is 6.09. The van der Waals surface area contributed by atoms with Crippen LogP contribution in [0.15, 0.2) is 18.5 Å². The van der Waals surface area contributed by atoms with Crippen LogP contribution >= 0.6 is 24.8 Å². The van der Waals surface area contributed by atoms with Crippen LogP contribution in [0.1, 0.15) is 41.6 Å². The number of nitrogens with one attached hydrogen (secondary N) is 1. The second-order valence-electron chi connectivity index (χ2n) is 4.90. The predicted octanol–water partition coefficient (Wildman–Crippen LogP) is 2.23. The van der Waals surface area contributed by atoms with E-state index in [1.165, 1.54) is 0 Å². The molecule has 6 heteroatoms. The molecule has 1 aliphatic rings. The summed E-state index contributed by atoms with van der Waals surface area (Å²) in [5.74, 6) is -0.0615. The highest BCUT2D eigenvalue weighted by atomic mass is 35.5. The topological polar surface area (TPSA) is 68.0 Å². The Morgan fingerprint density at radius 3 is 2.53 bits per heavy atom. The van der Waals surface area contributed by atoms with Gasteiger partial charge in [0, 0.05) is 18.9 Å². The Kier molecular flexibility index (Phi) is 7.34. The van der Waals surface area contributed by atoms with Crippen molar-refractivity contribution in [2.45, 2.75) is 38.1 Å². The lowest BCUT2D eigenvalue weighted by atomic mass is 9.97. The van der Waals surface area contributed by atoms with E-state index >= 15 is 0 Å². The number of hydrogen-bond acceptors (Lipinski definition) is 3. The van der Waals surface area contributed by atoms with E-state index in [1.54, 1.807) is 12.4 Å². The van der Waals surface area contributed by atoms with Gasteiger partial charge in [0.1, 0.15) is 0 Å². The van der Waals surface area contributed by atoms with Gasteiger partial charge < -0.3 is 11.1 Å². The summed E-state index contributed by atoms with van der Waals surface area (Å²) >= 11 is 0. The number of nitrogens with zero attached hydrogens (tertiary/aromatic N) is 1. The Balaban J connectivity index is 0.00000162. The molecule has 2 rings (SSSR count). The second kappa shape index (κ2) is 7.68. The van der Waals surface area contributed by atoms with Crippen molar-refractivity contribution in [2.24, 2.45) is 5.73 Å². The van der Waals surface area contributed by atoms with Crippen LogP contribution in [-0.4, -0.2) is 23.0 Å². The number of amides is 1. The molecule has 0 radical (unpaired) electrons. The minimum absolute atomic E-state index is 0.